The zero-order valence-electron chi connectivity index (χ0n) is 7.70. The van der Waals surface area contributed by atoms with E-state index in [0.717, 1.165) is 13.2 Å². The van der Waals surface area contributed by atoms with Crippen molar-refractivity contribution < 1.29 is 28.4 Å². The molecule has 2 N–H and O–H groups in total. The molecule has 0 bridgehead atoms. The van der Waals surface area contributed by atoms with Crippen molar-refractivity contribution in [3.8, 4) is 5.75 Å². The molecular formula is C8H7BF2O4. The Morgan fingerprint density at radius 3 is 2.40 bits per heavy atom. The van der Waals surface area contributed by atoms with Gasteiger partial charge in [-0.1, -0.05) is 0 Å². The Labute approximate surface area is 84.2 Å². The normalized spacial score (nSPS) is 9.93. The van der Waals surface area contributed by atoms with Crippen molar-refractivity contribution in [3.63, 3.8) is 0 Å². The van der Waals surface area contributed by atoms with Gasteiger partial charge in [-0.2, -0.15) is 4.39 Å². The van der Waals surface area contributed by atoms with E-state index in [9.17, 15) is 13.6 Å². The molecule has 0 fully saturated rings. The topological polar surface area (TPSA) is 66.8 Å². The molecule has 0 aliphatic carbocycles. The Bertz CT molecular complexity index is 395. The first-order chi connectivity index (χ1) is 7.02. The molecule has 4 nitrogen and oxygen atoms in total. The molecule has 1 aromatic rings. The van der Waals surface area contributed by atoms with Gasteiger partial charge in [0.1, 0.15) is 0 Å². The maximum Gasteiger partial charge on any atom is 0.491 e. The van der Waals surface area contributed by atoms with E-state index in [1.165, 1.54) is 0 Å². The van der Waals surface area contributed by atoms with Crippen LogP contribution in [0.4, 0.5) is 8.78 Å². The fraction of sp³-hybridized carbons (Fsp3) is 0.125. The third-order valence-electron chi connectivity index (χ3n) is 1.83. The lowest BCUT2D eigenvalue weighted by atomic mass is 9.79. The van der Waals surface area contributed by atoms with Crippen molar-refractivity contribution in [2.24, 2.45) is 0 Å². The van der Waals surface area contributed by atoms with Gasteiger partial charge in [-0.3, -0.25) is 4.79 Å². The number of hydrogen-bond donors (Lipinski definition) is 2. The van der Waals surface area contributed by atoms with Crippen LogP contribution in [0.15, 0.2) is 6.07 Å². The van der Waals surface area contributed by atoms with E-state index >= 15 is 0 Å². The van der Waals surface area contributed by atoms with Gasteiger partial charge in [-0.05, 0) is 6.07 Å². The minimum atomic E-state index is -2.19. The summed E-state index contributed by atoms with van der Waals surface area (Å²) >= 11 is 0. The molecule has 0 aliphatic heterocycles. The number of rotatable bonds is 3. The largest absolute Gasteiger partial charge is 0.493 e. The summed E-state index contributed by atoms with van der Waals surface area (Å²) in [7, 11) is -1.12. The predicted molar refractivity (Wildman–Crippen MR) is 48.1 cm³/mol. The molecule has 0 saturated carbocycles. The Hall–Kier alpha value is -1.47. The number of carbonyl (C=O) groups is 1. The quantitative estimate of drug-likeness (QED) is 0.526. The molecule has 80 valence electrons. The number of benzene rings is 1. The first kappa shape index (κ1) is 11.6. The smallest absolute Gasteiger partial charge is 0.491 e. The van der Waals surface area contributed by atoms with E-state index in [-0.39, 0.29) is 11.8 Å². The van der Waals surface area contributed by atoms with Crippen molar-refractivity contribution >= 4 is 18.9 Å². The van der Waals surface area contributed by atoms with Crippen LogP contribution in [0.1, 0.15) is 10.4 Å². The molecule has 0 atom stereocenters. The summed E-state index contributed by atoms with van der Waals surface area (Å²) in [6, 6.07) is 0.814. The van der Waals surface area contributed by atoms with Crippen LogP contribution >= 0.6 is 0 Å². The highest BCUT2D eigenvalue weighted by molar-refractivity contribution is 6.58. The Morgan fingerprint density at radius 2 is 2.00 bits per heavy atom. The van der Waals surface area contributed by atoms with Crippen LogP contribution in [-0.4, -0.2) is 30.6 Å². The van der Waals surface area contributed by atoms with Crippen LogP contribution in [0.25, 0.3) is 0 Å². The number of carbonyl (C=O) groups excluding carboxylic acids is 1. The average molecular weight is 216 g/mol. The van der Waals surface area contributed by atoms with E-state index in [0.29, 0.717) is 0 Å². The maximum absolute atomic E-state index is 13.2. The van der Waals surface area contributed by atoms with Crippen molar-refractivity contribution in [1.82, 2.24) is 0 Å². The molecule has 0 aromatic heterocycles. The summed E-state index contributed by atoms with van der Waals surface area (Å²) in [4.78, 5) is 10.5. The molecule has 0 radical (unpaired) electrons. The number of halogens is 2. The lowest BCUT2D eigenvalue weighted by Crippen LogP contribution is -2.34. The van der Waals surface area contributed by atoms with Gasteiger partial charge >= 0.3 is 7.12 Å². The minimum Gasteiger partial charge on any atom is -0.493 e. The van der Waals surface area contributed by atoms with Crippen LogP contribution in [-0.2, 0) is 0 Å². The fourth-order valence-electron chi connectivity index (χ4n) is 1.13. The van der Waals surface area contributed by atoms with Crippen LogP contribution in [0.3, 0.4) is 0 Å². The molecule has 0 unspecified atom stereocenters. The van der Waals surface area contributed by atoms with E-state index in [1.54, 1.807) is 0 Å². The van der Waals surface area contributed by atoms with E-state index in [4.69, 9.17) is 10.0 Å². The third-order valence-corrected chi connectivity index (χ3v) is 1.83. The van der Waals surface area contributed by atoms with Crippen LogP contribution in [0.5, 0.6) is 5.75 Å². The first-order valence-electron chi connectivity index (χ1n) is 3.90. The van der Waals surface area contributed by atoms with Gasteiger partial charge in [0.15, 0.2) is 17.9 Å². The highest BCUT2D eigenvalue weighted by Crippen LogP contribution is 2.22. The van der Waals surface area contributed by atoms with E-state index < -0.39 is 30.0 Å². The SMILES string of the molecule is COc1c(C=O)cc(B(O)O)c(F)c1F. The van der Waals surface area contributed by atoms with Gasteiger partial charge in [-0.25, -0.2) is 4.39 Å². The van der Waals surface area contributed by atoms with Crippen LogP contribution < -0.4 is 10.2 Å². The second kappa shape index (κ2) is 4.37. The van der Waals surface area contributed by atoms with Crippen molar-refractivity contribution in [1.29, 1.82) is 0 Å². The molecule has 0 aliphatic rings. The van der Waals surface area contributed by atoms with Gasteiger partial charge in [0.2, 0.25) is 5.82 Å². The lowest BCUT2D eigenvalue weighted by molar-refractivity contribution is 0.111. The standard InChI is InChI=1S/C8H7BF2O4/c1-15-8-4(3-12)2-5(9(13)14)6(10)7(8)11/h2-3,13-14H,1H3. The monoisotopic (exact) mass is 216 g/mol. The molecule has 1 rings (SSSR count). The number of aldehydes is 1. The van der Waals surface area contributed by atoms with Crippen molar-refractivity contribution in [2.75, 3.05) is 7.11 Å². The maximum atomic E-state index is 13.2. The van der Waals surface area contributed by atoms with Gasteiger partial charge < -0.3 is 14.8 Å². The van der Waals surface area contributed by atoms with Gasteiger partial charge in [0.25, 0.3) is 0 Å². The third kappa shape index (κ3) is 1.98. The molecule has 15 heavy (non-hydrogen) atoms. The van der Waals surface area contributed by atoms with Gasteiger partial charge in [0, 0.05) is 5.46 Å². The summed E-state index contributed by atoms with van der Waals surface area (Å²) in [5, 5.41) is 17.4. The molecule has 7 heteroatoms. The summed E-state index contributed by atoms with van der Waals surface area (Å²) in [6.07, 6.45) is 0.229. The zero-order valence-corrected chi connectivity index (χ0v) is 7.70. The van der Waals surface area contributed by atoms with Gasteiger partial charge in [-0.15, -0.1) is 0 Å². The summed E-state index contributed by atoms with van der Waals surface area (Å²) in [6.45, 7) is 0. The molecule has 0 saturated heterocycles. The number of methoxy groups -OCH3 is 1. The fourth-order valence-corrected chi connectivity index (χ4v) is 1.13. The summed E-state index contributed by atoms with van der Waals surface area (Å²) in [5.41, 5.74) is -1.00. The number of hydrogen-bond acceptors (Lipinski definition) is 4. The van der Waals surface area contributed by atoms with Crippen LogP contribution in [0, 0.1) is 11.6 Å². The highest BCUT2D eigenvalue weighted by Gasteiger charge is 2.25. The summed E-state index contributed by atoms with van der Waals surface area (Å²) < 4.78 is 30.8. The first-order valence-corrected chi connectivity index (χ1v) is 3.90. The summed E-state index contributed by atoms with van der Waals surface area (Å²) in [5.74, 6) is -3.44. The Balaban J connectivity index is 3.49. The average Bonchev–Trinajstić information content (AvgIpc) is 2.21. The molecular weight excluding hydrogens is 209 g/mol. The second-order valence-corrected chi connectivity index (χ2v) is 2.71. The Kier molecular flexibility index (Phi) is 3.38. The zero-order chi connectivity index (χ0) is 11.6. The minimum absolute atomic E-state index is 0.229. The highest BCUT2D eigenvalue weighted by atomic mass is 19.2. The Morgan fingerprint density at radius 1 is 1.40 bits per heavy atom. The van der Waals surface area contributed by atoms with Crippen molar-refractivity contribution in [3.05, 3.63) is 23.3 Å². The van der Waals surface area contributed by atoms with Crippen LogP contribution in [0.2, 0.25) is 0 Å². The second-order valence-electron chi connectivity index (χ2n) is 2.71. The predicted octanol–water partition coefficient (Wildman–Crippen LogP) is -0.534. The lowest BCUT2D eigenvalue weighted by Gasteiger charge is -2.09. The molecule has 1 aromatic carbocycles. The van der Waals surface area contributed by atoms with E-state index in [2.05, 4.69) is 4.74 Å². The molecule has 0 heterocycles. The molecule has 0 amide bonds. The van der Waals surface area contributed by atoms with E-state index in [1.807, 2.05) is 0 Å². The van der Waals surface area contributed by atoms with Crippen molar-refractivity contribution in [2.45, 2.75) is 0 Å². The van der Waals surface area contributed by atoms with Gasteiger partial charge in [0.05, 0.1) is 12.7 Å². The molecule has 0 spiro atoms. The number of ether oxygens (including phenoxy) is 1.